The third-order valence-corrected chi connectivity index (χ3v) is 5.46. The Morgan fingerprint density at radius 2 is 2.04 bits per heavy atom. The Balaban J connectivity index is 1.35. The molecule has 0 aromatic heterocycles. The number of rotatable bonds is 3. The van der Waals surface area contributed by atoms with Crippen LogP contribution in [-0.4, -0.2) is 38.1 Å². The Kier molecular flexibility index (Phi) is 4.56. The highest BCUT2D eigenvalue weighted by Crippen LogP contribution is 2.34. The van der Waals surface area contributed by atoms with E-state index in [0.29, 0.717) is 6.04 Å². The molecule has 0 amide bonds. The Labute approximate surface area is 138 Å². The highest BCUT2D eigenvalue weighted by Gasteiger charge is 2.38. The van der Waals surface area contributed by atoms with E-state index >= 15 is 0 Å². The first kappa shape index (κ1) is 15.4. The molecule has 1 aromatic rings. The molecule has 1 spiro atoms. The van der Waals surface area contributed by atoms with E-state index in [1.807, 2.05) is 0 Å². The average molecular weight is 317 g/mol. The van der Waals surface area contributed by atoms with Crippen LogP contribution in [0.1, 0.15) is 43.2 Å². The monoisotopic (exact) mass is 317 g/mol. The van der Waals surface area contributed by atoms with Crippen molar-refractivity contribution in [2.24, 2.45) is 0 Å². The standard InChI is InChI=1S/C19H27NO3/c1-2-16-12-15(3-4-18(16)22-8-1)14-20-17-5-9-23-19(13-17)6-10-21-11-7-19/h3-4,12,17,20H,1-2,5-11,13-14H2/t17-/m1/s1. The molecule has 4 nitrogen and oxygen atoms in total. The minimum absolute atomic E-state index is 0.0673. The summed E-state index contributed by atoms with van der Waals surface area (Å²) in [5.41, 5.74) is 2.79. The number of ether oxygens (including phenoxy) is 3. The third-order valence-electron chi connectivity index (χ3n) is 5.46. The number of nitrogens with one attached hydrogen (secondary N) is 1. The molecule has 23 heavy (non-hydrogen) atoms. The van der Waals surface area contributed by atoms with E-state index in [4.69, 9.17) is 14.2 Å². The lowest BCUT2D eigenvalue weighted by atomic mass is 9.84. The third kappa shape index (κ3) is 3.54. The average Bonchev–Trinajstić information content (AvgIpc) is 2.61. The number of hydrogen-bond acceptors (Lipinski definition) is 4. The summed E-state index contributed by atoms with van der Waals surface area (Å²) >= 11 is 0. The van der Waals surface area contributed by atoms with Crippen LogP contribution in [-0.2, 0) is 22.4 Å². The Morgan fingerprint density at radius 3 is 2.96 bits per heavy atom. The number of fused-ring (bicyclic) bond motifs is 1. The lowest BCUT2D eigenvalue weighted by Crippen LogP contribution is -2.49. The topological polar surface area (TPSA) is 39.7 Å². The second kappa shape index (κ2) is 6.80. The molecule has 1 atom stereocenters. The molecule has 4 rings (SSSR count). The van der Waals surface area contributed by atoms with E-state index in [1.54, 1.807) is 0 Å². The van der Waals surface area contributed by atoms with Crippen molar-refractivity contribution < 1.29 is 14.2 Å². The van der Waals surface area contributed by atoms with Crippen molar-refractivity contribution in [3.05, 3.63) is 29.3 Å². The van der Waals surface area contributed by atoms with Gasteiger partial charge in [-0.15, -0.1) is 0 Å². The van der Waals surface area contributed by atoms with E-state index in [1.165, 1.54) is 11.1 Å². The van der Waals surface area contributed by atoms with Gasteiger partial charge in [0.15, 0.2) is 0 Å². The molecule has 0 unspecified atom stereocenters. The molecule has 0 bridgehead atoms. The van der Waals surface area contributed by atoms with Gasteiger partial charge < -0.3 is 19.5 Å². The van der Waals surface area contributed by atoms with Crippen molar-refractivity contribution in [2.45, 2.75) is 56.7 Å². The summed E-state index contributed by atoms with van der Waals surface area (Å²) in [7, 11) is 0. The zero-order valence-corrected chi connectivity index (χ0v) is 13.8. The first-order valence-corrected chi connectivity index (χ1v) is 9.03. The summed E-state index contributed by atoms with van der Waals surface area (Å²) in [6.07, 6.45) is 6.59. The fraction of sp³-hybridized carbons (Fsp3) is 0.684. The number of aryl methyl sites for hydroxylation is 1. The quantitative estimate of drug-likeness (QED) is 0.930. The lowest BCUT2D eigenvalue weighted by Gasteiger charge is -2.43. The Bertz CT molecular complexity index is 534. The fourth-order valence-electron chi connectivity index (χ4n) is 4.08. The zero-order chi connectivity index (χ0) is 15.5. The van der Waals surface area contributed by atoms with Gasteiger partial charge in [-0.1, -0.05) is 12.1 Å². The summed E-state index contributed by atoms with van der Waals surface area (Å²) in [6, 6.07) is 7.19. The molecule has 3 aliphatic rings. The molecule has 0 aliphatic carbocycles. The Morgan fingerprint density at radius 1 is 1.13 bits per heavy atom. The van der Waals surface area contributed by atoms with Gasteiger partial charge in [0.25, 0.3) is 0 Å². The maximum Gasteiger partial charge on any atom is 0.122 e. The smallest absolute Gasteiger partial charge is 0.122 e. The molecule has 1 N–H and O–H groups in total. The molecule has 0 saturated carbocycles. The number of benzene rings is 1. The SMILES string of the molecule is c1cc2c(cc1CN[C@@H]1CCOC3(CCOCC3)C1)CCCO2. The van der Waals surface area contributed by atoms with Gasteiger partial charge in [-0.2, -0.15) is 0 Å². The van der Waals surface area contributed by atoms with Crippen LogP contribution in [0.4, 0.5) is 0 Å². The van der Waals surface area contributed by atoms with Crippen LogP contribution in [0.15, 0.2) is 18.2 Å². The predicted molar refractivity (Wildman–Crippen MR) is 88.9 cm³/mol. The summed E-state index contributed by atoms with van der Waals surface area (Å²) in [6.45, 7) is 4.35. The lowest BCUT2D eigenvalue weighted by molar-refractivity contribution is -0.140. The number of hydrogen-bond donors (Lipinski definition) is 1. The van der Waals surface area contributed by atoms with E-state index in [2.05, 4.69) is 23.5 Å². The van der Waals surface area contributed by atoms with Gasteiger partial charge in [-0.3, -0.25) is 0 Å². The van der Waals surface area contributed by atoms with Crippen LogP contribution in [0.2, 0.25) is 0 Å². The highest BCUT2D eigenvalue weighted by atomic mass is 16.5. The minimum atomic E-state index is 0.0673. The molecule has 3 aliphatic heterocycles. The molecule has 3 heterocycles. The molecule has 2 fully saturated rings. The minimum Gasteiger partial charge on any atom is -0.493 e. The highest BCUT2D eigenvalue weighted by molar-refractivity contribution is 5.38. The normalized spacial score (nSPS) is 26.5. The van der Waals surface area contributed by atoms with E-state index in [-0.39, 0.29) is 5.60 Å². The largest absolute Gasteiger partial charge is 0.493 e. The van der Waals surface area contributed by atoms with Crippen molar-refractivity contribution in [3.63, 3.8) is 0 Å². The van der Waals surface area contributed by atoms with Crippen LogP contribution < -0.4 is 10.1 Å². The van der Waals surface area contributed by atoms with Gasteiger partial charge in [-0.25, -0.2) is 0 Å². The van der Waals surface area contributed by atoms with Crippen LogP contribution in [0.3, 0.4) is 0 Å². The molecule has 1 aromatic carbocycles. The van der Waals surface area contributed by atoms with Gasteiger partial charge in [-0.05, 0) is 55.7 Å². The molecular weight excluding hydrogens is 290 g/mol. The van der Waals surface area contributed by atoms with Gasteiger partial charge in [0, 0.05) is 32.4 Å². The van der Waals surface area contributed by atoms with Crippen LogP contribution in [0.25, 0.3) is 0 Å². The summed E-state index contributed by atoms with van der Waals surface area (Å²) in [5, 5.41) is 3.75. The van der Waals surface area contributed by atoms with E-state index in [9.17, 15) is 0 Å². The van der Waals surface area contributed by atoms with Crippen molar-refractivity contribution in [3.8, 4) is 5.75 Å². The van der Waals surface area contributed by atoms with Gasteiger partial charge >= 0.3 is 0 Å². The summed E-state index contributed by atoms with van der Waals surface area (Å²) in [5.74, 6) is 1.08. The first-order valence-electron chi connectivity index (χ1n) is 9.03. The molecule has 2 saturated heterocycles. The predicted octanol–water partition coefficient (Wildman–Crippen LogP) is 2.83. The molecular formula is C19H27NO3. The van der Waals surface area contributed by atoms with Crippen molar-refractivity contribution in [1.82, 2.24) is 5.32 Å². The van der Waals surface area contributed by atoms with E-state index < -0.39 is 0 Å². The maximum absolute atomic E-state index is 6.13. The summed E-state index contributed by atoms with van der Waals surface area (Å²) < 4.78 is 17.3. The second-order valence-electron chi connectivity index (χ2n) is 7.11. The van der Waals surface area contributed by atoms with Crippen molar-refractivity contribution in [2.75, 3.05) is 26.4 Å². The second-order valence-corrected chi connectivity index (χ2v) is 7.11. The van der Waals surface area contributed by atoms with Crippen LogP contribution >= 0.6 is 0 Å². The summed E-state index contributed by atoms with van der Waals surface area (Å²) in [4.78, 5) is 0. The Hall–Kier alpha value is -1.10. The van der Waals surface area contributed by atoms with Crippen LogP contribution in [0.5, 0.6) is 5.75 Å². The van der Waals surface area contributed by atoms with Crippen molar-refractivity contribution in [1.29, 1.82) is 0 Å². The van der Waals surface area contributed by atoms with E-state index in [0.717, 1.165) is 77.2 Å². The van der Waals surface area contributed by atoms with Crippen molar-refractivity contribution >= 4 is 0 Å². The molecule has 4 heteroatoms. The van der Waals surface area contributed by atoms with Crippen LogP contribution in [0, 0.1) is 0 Å². The molecule has 126 valence electrons. The van der Waals surface area contributed by atoms with Gasteiger partial charge in [0.2, 0.25) is 0 Å². The maximum atomic E-state index is 6.13. The fourth-order valence-corrected chi connectivity index (χ4v) is 4.08. The first-order chi connectivity index (χ1) is 11.3. The van der Waals surface area contributed by atoms with Gasteiger partial charge in [0.1, 0.15) is 5.75 Å². The van der Waals surface area contributed by atoms with Gasteiger partial charge in [0.05, 0.1) is 12.2 Å². The molecule has 0 radical (unpaired) electrons. The zero-order valence-electron chi connectivity index (χ0n) is 13.8.